The van der Waals surface area contributed by atoms with Crippen molar-refractivity contribution in [3.63, 3.8) is 0 Å². The van der Waals surface area contributed by atoms with Crippen molar-refractivity contribution in [2.45, 2.75) is 27.7 Å². The average Bonchev–Trinajstić information content (AvgIpc) is 2.43. The van der Waals surface area contributed by atoms with E-state index in [0.717, 1.165) is 0 Å². The fourth-order valence-corrected chi connectivity index (χ4v) is 0.978. The first-order valence-electron chi connectivity index (χ1n) is 5.54. The van der Waals surface area contributed by atoms with Crippen molar-refractivity contribution in [2.75, 3.05) is 7.11 Å². The molecule has 0 N–H and O–H groups in total. The fraction of sp³-hybridized carbons (Fsp3) is 0.385. The van der Waals surface area contributed by atoms with Crippen LogP contribution in [-0.2, 0) is 4.74 Å². The molecule has 0 aliphatic heterocycles. The number of aliphatic imine (C=N–C) groups is 1. The number of carbonyl (C=O) groups excluding carboxylic acids is 1. The van der Waals surface area contributed by atoms with Gasteiger partial charge in [-0.3, -0.25) is 0 Å². The Morgan fingerprint density at radius 2 is 1.88 bits per heavy atom. The number of thiocarbonyl (C=S) groups is 1. The molecule has 0 amide bonds. The van der Waals surface area contributed by atoms with Crippen LogP contribution in [0, 0.1) is 0 Å². The normalized spacial score (nSPS) is 7.35. The van der Waals surface area contributed by atoms with Crippen LogP contribution in [0.2, 0.25) is 0 Å². The largest absolute Gasteiger partial charge is 0.465 e. The number of hydrogen-bond acceptors (Lipinski definition) is 4. The molecule has 0 unspecified atom stereocenters. The van der Waals surface area contributed by atoms with Gasteiger partial charge in [0, 0.05) is 0 Å². The number of ether oxygens (including phenoxy) is 1. The predicted octanol–water partition coefficient (Wildman–Crippen LogP) is 4.26. The molecule has 4 heteroatoms. The molecule has 0 aliphatic rings. The molecule has 17 heavy (non-hydrogen) atoms. The van der Waals surface area contributed by atoms with Crippen molar-refractivity contribution in [2.24, 2.45) is 4.99 Å². The summed E-state index contributed by atoms with van der Waals surface area (Å²) in [6.45, 7) is 8.00. The maximum Gasteiger partial charge on any atom is 0.337 e. The smallest absolute Gasteiger partial charge is 0.337 e. The Morgan fingerprint density at radius 1 is 1.29 bits per heavy atom. The highest BCUT2D eigenvalue weighted by molar-refractivity contribution is 7.78. The average molecular weight is 253 g/mol. The molecule has 0 atom stereocenters. The molecule has 0 spiro atoms. The van der Waals surface area contributed by atoms with Gasteiger partial charge in [-0.25, -0.2) is 4.79 Å². The highest BCUT2D eigenvalue weighted by Gasteiger charge is 2.04. The number of hydrogen-bond donors (Lipinski definition) is 0. The van der Waals surface area contributed by atoms with E-state index in [-0.39, 0.29) is 5.97 Å². The van der Waals surface area contributed by atoms with Crippen molar-refractivity contribution in [1.29, 1.82) is 0 Å². The third kappa shape index (κ3) is 7.39. The second-order valence-electron chi connectivity index (χ2n) is 2.25. The Bertz CT molecular complexity index is 371. The van der Waals surface area contributed by atoms with Crippen LogP contribution in [0.4, 0.5) is 5.69 Å². The molecule has 0 radical (unpaired) electrons. The van der Waals surface area contributed by atoms with E-state index in [0.29, 0.717) is 11.3 Å². The van der Waals surface area contributed by atoms with Gasteiger partial charge in [0.05, 0.1) is 23.5 Å². The molecule has 0 aromatic heterocycles. The molecule has 0 fully saturated rings. The summed E-state index contributed by atoms with van der Waals surface area (Å²) in [5.74, 6) is -0.388. The van der Waals surface area contributed by atoms with Gasteiger partial charge in [-0.15, -0.1) is 0 Å². The fourth-order valence-electron chi connectivity index (χ4n) is 0.873. The minimum absolute atomic E-state index is 0.388. The molecule has 1 aromatic carbocycles. The second-order valence-corrected chi connectivity index (χ2v) is 2.43. The summed E-state index contributed by atoms with van der Waals surface area (Å²) in [6.07, 6.45) is 0. The Hall–Kier alpha value is -1.51. The number of benzene rings is 1. The molecule has 0 bridgehead atoms. The van der Waals surface area contributed by atoms with Gasteiger partial charge in [-0.1, -0.05) is 33.8 Å². The van der Waals surface area contributed by atoms with Crippen LogP contribution in [0.5, 0.6) is 0 Å². The first kappa shape index (κ1) is 17.9. The molecule has 0 saturated heterocycles. The first-order chi connectivity index (χ1) is 8.27. The van der Waals surface area contributed by atoms with Crippen molar-refractivity contribution < 1.29 is 9.53 Å². The summed E-state index contributed by atoms with van der Waals surface area (Å²) >= 11 is 4.44. The predicted molar refractivity (Wildman–Crippen MR) is 75.2 cm³/mol. The van der Waals surface area contributed by atoms with Gasteiger partial charge in [0.25, 0.3) is 0 Å². The number of methoxy groups -OCH3 is 1. The highest BCUT2D eigenvalue weighted by Crippen LogP contribution is 2.13. The summed E-state index contributed by atoms with van der Waals surface area (Å²) in [7, 11) is 1.33. The topological polar surface area (TPSA) is 38.7 Å². The van der Waals surface area contributed by atoms with Gasteiger partial charge < -0.3 is 4.74 Å². The number of isothiocyanates is 1. The molecule has 0 saturated carbocycles. The minimum Gasteiger partial charge on any atom is -0.465 e. The van der Waals surface area contributed by atoms with Crippen LogP contribution in [0.25, 0.3) is 0 Å². The van der Waals surface area contributed by atoms with Crippen LogP contribution in [0.1, 0.15) is 38.1 Å². The summed E-state index contributed by atoms with van der Waals surface area (Å²) in [5.41, 5.74) is 1.05. The molecule has 1 rings (SSSR count). The maximum absolute atomic E-state index is 11.1. The molecule has 94 valence electrons. The Kier molecular flexibility index (Phi) is 13.2. The SMILES string of the molecule is CC.CC.COC(=O)c1cccc(N=C=S)c1. The van der Waals surface area contributed by atoms with Gasteiger partial charge in [0.15, 0.2) is 0 Å². The van der Waals surface area contributed by atoms with Crippen LogP contribution in [0.15, 0.2) is 29.3 Å². The van der Waals surface area contributed by atoms with Crippen molar-refractivity contribution >= 4 is 29.0 Å². The zero-order valence-corrected chi connectivity index (χ0v) is 11.8. The Labute approximate surface area is 109 Å². The Balaban J connectivity index is 0. The van der Waals surface area contributed by atoms with E-state index in [9.17, 15) is 4.79 Å². The zero-order valence-electron chi connectivity index (χ0n) is 11.0. The second kappa shape index (κ2) is 12.6. The van der Waals surface area contributed by atoms with E-state index in [2.05, 4.69) is 27.1 Å². The monoisotopic (exact) mass is 253 g/mol. The molecule has 0 aliphatic carbocycles. The van der Waals surface area contributed by atoms with Crippen LogP contribution < -0.4 is 0 Å². The lowest BCUT2D eigenvalue weighted by Crippen LogP contribution is -1.99. The lowest BCUT2D eigenvalue weighted by molar-refractivity contribution is 0.0601. The van der Waals surface area contributed by atoms with Gasteiger partial charge >= 0.3 is 5.97 Å². The van der Waals surface area contributed by atoms with E-state index in [4.69, 9.17) is 0 Å². The minimum atomic E-state index is -0.388. The summed E-state index contributed by atoms with van der Waals surface area (Å²) in [5, 5.41) is 2.22. The lowest BCUT2D eigenvalue weighted by atomic mass is 10.2. The number of carbonyl (C=O) groups is 1. The van der Waals surface area contributed by atoms with E-state index < -0.39 is 0 Å². The van der Waals surface area contributed by atoms with E-state index in [1.165, 1.54) is 7.11 Å². The van der Waals surface area contributed by atoms with Crippen LogP contribution >= 0.6 is 12.2 Å². The van der Waals surface area contributed by atoms with E-state index in [1.807, 2.05) is 27.7 Å². The van der Waals surface area contributed by atoms with Gasteiger partial charge in [-0.05, 0) is 30.4 Å². The maximum atomic E-state index is 11.1. The van der Waals surface area contributed by atoms with Crippen LogP contribution in [0.3, 0.4) is 0 Å². The van der Waals surface area contributed by atoms with E-state index >= 15 is 0 Å². The Morgan fingerprint density at radius 3 is 2.35 bits per heavy atom. The molecule has 3 nitrogen and oxygen atoms in total. The highest BCUT2D eigenvalue weighted by atomic mass is 32.1. The summed E-state index contributed by atoms with van der Waals surface area (Å²) in [4.78, 5) is 14.8. The van der Waals surface area contributed by atoms with Crippen molar-refractivity contribution in [3.8, 4) is 0 Å². The molecule has 0 heterocycles. The van der Waals surface area contributed by atoms with Gasteiger partial charge in [0.1, 0.15) is 0 Å². The number of nitrogens with zero attached hydrogens (tertiary/aromatic N) is 1. The molecular weight excluding hydrogens is 234 g/mol. The molecular formula is C13H19NO2S. The third-order valence-corrected chi connectivity index (χ3v) is 1.53. The quantitative estimate of drug-likeness (QED) is 0.449. The van der Waals surface area contributed by atoms with Crippen LogP contribution in [-0.4, -0.2) is 18.2 Å². The number of rotatable bonds is 2. The standard InChI is InChI=1S/C9H7NO2S.2C2H6/c1-12-9(11)7-3-2-4-8(5-7)10-6-13;2*1-2/h2-5H,1H3;2*1-2H3. The lowest BCUT2D eigenvalue weighted by Gasteiger charge is -1.98. The van der Waals surface area contributed by atoms with Gasteiger partial charge in [0.2, 0.25) is 0 Å². The van der Waals surface area contributed by atoms with Gasteiger partial charge in [-0.2, -0.15) is 4.99 Å². The molecule has 1 aromatic rings. The summed E-state index contributed by atoms with van der Waals surface area (Å²) < 4.78 is 4.54. The van der Waals surface area contributed by atoms with E-state index in [1.54, 1.807) is 24.3 Å². The third-order valence-electron chi connectivity index (χ3n) is 1.44. The van der Waals surface area contributed by atoms with Crippen molar-refractivity contribution in [3.05, 3.63) is 29.8 Å². The summed E-state index contributed by atoms with van der Waals surface area (Å²) in [6, 6.07) is 6.67. The number of esters is 1. The first-order valence-corrected chi connectivity index (χ1v) is 5.95. The zero-order chi connectivity index (χ0) is 13.7. The van der Waals surface area contributed by atoms with Crippen molar-refractivity contribution in [1.82, 2.24) is 0 Å².